The molecule has 1 aromatic heterocycles. The van der Waals surface area contributed by atoms with Crippen molar-refractivity contribution in [2.45, 2.75) is 19.3 Å². The summed E-state index contributed by atoms with van der Waals surface area (Å²) >= 11 is 1.97. The first-order valence-electron chi connectivity index (χ1n) is 15.5. The van der Waals surface area contributed by atoms with Gasteiger partial charge in [0.05, 0.1) is 0 Å². The van der Waals surface area contributed by atoms with Gasteiger partial charge in [0.1, 0.15) is 0 Å². The number of allylic oxidation sites excluding steroid dienone is 1. The van der Waals surface area contributed by atoms with Crippen LogP contribution in [0.4, 0.5) is 0 Å². The monoisotopic (exact) mass is 578 g/mol. The second kappa shape index (κ2) is 10.0. The van der Waals surface area contributed by atoms with Crippen molar-refractivity contribution >= 4 is 59.3 Å². The Bertz CT molecular complexity index is 2370. The summed E-state index contributed by atoms with van der Waals surface area (Å²) in [6.07, 6.45) is 3.54. The lowest BCUT2D eigenvalue weighted by Gasteiger charge is -2.21. The van der Waals surface area contributed by atoms with Gasteiger partial charge >= 0.3 is 0 Å². The van der Waals surface area contributed by atoms with E-state index in [1.165, 1.54) is 86.2 Å². The molecule has 1 aliphatic carbocycles. The minimum atomic E-state index is 0.489. The first kappa shape index (κ1) is 25.5. The Labute approximate surface area is 261 Å². The van der Waals surface area contributed by atoms with E-state index in [2.05, 4.69) is 153 Å². The third-order valence-electron chi connectivity index (χ3n) is 9.53. The summed E-state index contributed by atoms with van der Waals surface area (Å²) in [7, 11) is 0. The van der Waals surface area contributed by atoms with E-state index in [0.717, 1.165) is 6.42 Å². The average molecular weight is 579 g/mol. The summed E-state index contributed by atoms with van der Waals surface area (Å²) in [5.41, 5.74) is 9.30. The molecule has 1 heteroatoms. The van der Waals surface area contributed by atoms with Crippen molar-refractivity contribution in [2.75, 3.05) is 0 Å². The lowest BCUT2D eigenvalue weighted by molar-refractivity contribution is 0.780. The van der Waals surface area contributed by atoms with Crippen molar-refractivity contribution in [3.63, 3.8) is 0 Å². The van der Waals surface area contributed by atoms with Gasteiger partial charge in [-0.3, -0.25) is 0 Å². The van der Waals surface area contributed by atoms with E-state index in [1.54, 1.807) is 0 Å². The highest BCUT2D eigenvalue weighted by Crippen LogP contribution is 2.49. The fourth-order valence-corrected chi connectivity index (χ4v) is 8.88. The Kier molecular flexibility index (Phi) is 5.82. The summed E-state index contributed by atoms with van der Waals surface area (Å²) in [6.45, 7) is 2.39. The van der Waals surface area contributed by atoms with Crippen molar-refractivity contribution in [1.82, 2.24) is 0 Å². The van der Waals surface area contributed by atoms with Crippen LogP contribution in [0, 0.1) is 0 Å². The molecule has 208 valence electrons. The van der Waals surface area contributed by atoms with Gasteiger partial charge in [0.15, 0.2) is 0 Å². The molecule has 0 fully saturated rings. The van der Waals surface area contributed by atoms with E-state index in [-0.39, 0.29) is 0 Å². The SMILES string of the molecule is CC1CC=C(c2ccc3c4ccccc4c4ccccc4c3c2)c2sc3c(-c4ccc(-c5ccccc5)cc4)cccc3c21. The zero-order valence-electron chi connectivity index (χ0n) is 24.5. The second-order valence-electron chi connectivity index (χ2n) is 12.1. The molecular formula is C43H30S. The fourth-order valence-electron chi connectivity index (χ4n) is 7.36. The van der Waals surface area contributed by atoms with Gasteiger partial charge in [-0.05, 0) is 95.1 Å². The van der Waals surface area contributed by atoms with Crippen LogP contribution >= 0.6 is 11.3 Å². The molecule has 0 nitrogen and oxygen atoms in total. The Hall–Kier alpha value is -4.98. The predicted octanol–water partition coefficient (Wildman–Crippen LogP) is 12.6. The Morgan fingerprint density at radius 1 is 0.477 bits per heavy atom. The maximum Gasteiger partial charge on any atom is 0.0430 e. The van der Waals surface area contributed by atoms with Crippen molar-refractivity contribution in [2.24, 2.45) is 0 Å². The first-order valence-corrected chi connectivity index (χ1v) is 16.3. The van der Waals surface area contributed by atoms with Crippen LogP contribution in [-0.4, -0.2) is 0 Å². The number of hydrogen-bond donors (Lipinski definition) is 0. The van der Waals surface area contributed by atoms with Crippen LogP contribution in [0.15, 0.2) is 146 Å². The molecule has 1 aliphatic rings. The molecule has 9 rings (SSSR count). The van der Waals surface area contributed by atoms with Crippen LogP contribution in [-0.2, 0) is 0 Å². The summed E-state index contributed by atoms with van der Waals surface area (Å²) in [6, 6.07) is 51.5. The molecule has 0 saturated carbocycles. The van der Waals surface area contributed by atoms with Crippen molar-refractivity contribution in [3.8, 4) is 22.3 Å². The molecule has 44 heavy (non-hydrogen) atoms. The Morgan fingerprint density at radius 3 is 1.73 bits per heavy atom. The normalized spacial score (nSPS) is 14.8. The molecule has 8 aromatic rings. The maximum atomic E-state index is 2.49. The van der Waals surface area contributed by atoms with Gasteiger partial charge in [-0.15, -0.1) is 11.3 Å². The lowest BCUT2D eigenvalue weighted by atomic mass is 9.84. The highest BCUT2D eigenvalue weighted by Gasteiger charge is 2.26. The van der Waals surface area contributed by atoms with E-state index >= 15 is 0 Å². The van der Waals surface area contributed by atoms with Crippen molar-refractivity contribution in [1.29, 1.82) is 0 Å². The smallest absolute Gasteiger partial charge is 0.0430 e. The first-order chi connectivity index (χ1) is 21.7. The van der Waals surface area contributed by atoms with Crippen LogP contribution in [0.5, 0.6) is 0 Å². The van der Waals surface area contributed by atoms with Gasteiger partial charge in [-0.2, -0.15) is 0 Å². The largest absolute Gasteiger partial charge is 0.134 e. The quantitative estimate of drug-likeness (QED) is 0.183. The summed E-state index contributed by atoms with van der Waals surface area (Å²) < 4.78 is 1.39. The van der Waals surface area contributed by atoms with E-state index in [0.29, 0.717) is 5.92 Å². The van der Waals surface area contributed by atoms with Crippen LogP contribution < -0.4 is 0 Å². The topological polar surface area (TPSA) is 0 Å². The molecule has 1 unspecified atom stereocenters. The van der Waals surface area contributed by atoms with Crippen LogP contribution in [0.25, 0.3) is 70.2 Å². The Morgan fingerprint density at radius 2 is 1.02 bits per heavy atom. The molecule has 0 radical (unpaired) electrons. The van der Waals surface area contributed by atoms with Gasteiger partial charge in [0.2, 0.25) is 0 Å². The number of hydrogen-bond acceptors (Lipinski definition) is 1. The van der Waals surface area contributed by atoms with Crippen LogP contribution in [0.2, 0.25) is 0 Å². The van der Waals surface area contributed by atoms with E-state index < -0.39 is 0 Å². The minimum Gasteiger partial charge on any atom is -0.134 e. The van der Waals surface area contributed by atoms with Gasteiger partial charge in [0, 0.05) is 9.58 Å². The van der Waals surface area contributed by atoms with Gasteiger partial charge in [-0.1, -0.05) is 146 Å². The Balaban J connectivity index is 1.20. The third kappa shape index (κ3) is 3.90. The number of benzene rings is 7. The molecule has 0 amide bonds. The predicted molar refractivity (Wildman–Crippen MR) is 192 cm³/mol. The molecular weight excluding hydrogens is 549 g/mol. The number of fused-ring (bicyclic) bond motifs is 9. The van der Waals surface area contributed by atoms with Crippen LogP contribution in [0.3, 0.4) is 0 Å². The average Bonchev–Trinajstić information content (AvgIpc) is 3.50. The molecule has 1 heterocycles. The number of rotatable bonds is 3. The molecule has 0 N–H and O–H groups in total. The third-order valence-corrected chi connectivity index (χ3v) is 10.8. The zero-order chi connectivity index (χ0) is 29.2. The highest BCUT2D eigenvalue weighted by atomic mass is 32.1. The maximum absolute atomic E-state index is 2.49. The van der Waals surface area contributed by atoms with E-state index in [4.69, 9.17) is 0 Å². The zero-order valence-corrected chi connectivity index (χ0v) is 25.4. The minimum absolute atomic E-state index is 0.489. The summed E-state index contributed by atoms with van der Waals surface area (Å²) in [5, 5.41) is 9.36. The van der Waals surface area contributed by atoms with Crippen LogP contribution in [0.1, 0.15) is 35.3 Å². The lowest BCUT2D eigenvalue weighted by Crippen LogP contribution is -2.02. The number of thiophene rings is 1. The summed E-state index contributed by atoms with van der Waals surface area (Å²) in [4.78, 5) is 1.43. The second-order valence-corrected chi connectivity index (χ2v) is 13.1. The molecule has 7 aromatic carbocycles. The van der Waals surface area contributed by atoms with Gasteiger partial charge in [-0.25, -0.2) is 0 Å². The van der Waals surface area contributed by atoms with E-state index in [9.17, 15) is 0 Å². The van der Waals surface area contributed by atoms with Crippen molar-refractivity contribution in [3.05, 3.63) is 162 Å². The van der Waals surface area contributed by atoms with E-state index in [1.807, 2.05) is 11.3 Å². The molecule has 0 bridgehead atoms. The molecule has 1 atom stereocenters. The van der Waals surface area contributed by atoms with Crippen molar-refractivity contribution < 1.29 is 0 Å². The van der Waals surface area contributed by atoms with Gasteiger partial charge in [0.25, 0.3) is 0 Å². The standard InChI is InChI=1S/C43H30S/c1-27-18-24-33(31-23-25-38-36-14-6-5-12-34(36)35-13-7-8-15-37(35)40(38)26-31)43-41(27)39-17-9-16-32(42(39)44-43)30-21-19-29(20-22-30)28-10-3-2-4-11-28/h2-17,19-27H,18H2,1H3. The van der Waals surface area contributed by atoms with Gasteiger partial charge < -0.3 is 0 Å². The molecule has 0 saturated heterocycles. The summed E-state index contributed by atoms with van der Waals surface area (Å²) in [5.74, 6) is 0.489. The highest BCUT2D eigenvalue weighted by molar-refractivity contribution is 7.21. The molecule has 0 aliphatic heterocycles. The molecule has 0 spiro atoms. The fraction of sp³-hybridized carbons (Fsp3) is 0.0698.